The average Bonchev–Trinajstić information content (AvgIpc) is 2.37. The summed E-state index contributed by atoms with van der Waals surface area (Å²) < 4.78 is 54.3. The second kappa shape index (κ2) is 6.23. The van der Waals surface area contributed by atoms with E-state index in [1.807, 2.05) is 13.8 Å². The number of nitrogens with two attached hydrogens (primary N) is 1. The van der Waals surface area contributed by atoms with Gasteiger partial charge in [-0.3, -0.25) is 0 Å². The molecule has 1 unspecified atom stereocenters. The molecule has 0 saturated heterocycles. The third-order valence-electron chi connectivity index (χ3n) is 3.04. The molecule has 108 valence electrons. The van der Waals surface area contributed by atoms with Crippen LogP contribution in [0.25, 0.3) is 0 Å². The molecule has 0 amide bonds. The monoisotopic (exact) mass is 279 g/mol. The summed E-state index contributed by atoms with van der Waals surface area (Å²) in [4.78, 5) is 0. The van der Waals surface area contributed by atoms with E-state index in [0.29, 0.717) is 5.56 Å². The predicted octanol–water partition coefficient (Wildman–Crippen LogP) is 3.97. The summed E-state index contributed by atoms with van der Waals surface area (Å²) in [6.45, 7) is 3.76. The van der Waals surface area contributed by atoms with Crippen molar-refractivity contribution in [2.75, 3.05) is 0 Å². The van der Waals surface area contributed by atoms with Crippen LogP contribution in [0.3, 0.4) is 0 Å². The van der Waals surface area contributed by atoms with Gasteiger partial charge in [0.2, 0.25) is 0 Å². The molecule has 2 nitrogen and oxygen atoms in total. The van der Waals surface area contributed by atoms with Crippen molar-refractivity contribution in [1.29, 1.82) is 0 Å². The molecule has 0 bridgehead atoms. The highest BCUT2D eigenvalue weighted by Gasteiger charge is 2.44. The van der Waals surface area contributed by atoms with Crippen LogP contribution in [0.15, 0.2) is 24.3 Å². The van der Waals surface area contributed by atoms with Crippen molar-refractivity contribution in [2.24, 2.45) is 11.7 Å². The highest BCUT2D eigenvalue weighted by molar-refractivity contribution is 5.36. The molecule has 0 aromatic heterocycles. The van der Waals surface area contributed by atoms with Crippen LogP contribution in [-0.2, 0) is 0 Å². The van der Waals surface area contributed by atoms with E-state index in [0.717, 1.165) is 6.42 Å². The van der Waals surface area contributed by atoms with Gasteiger partial charge < -0.3 is 10.5 Å². The molecule has 0 heterocycles. The standard InChI is InChI=1S/C13H17F4NO/c1-3-8(2)11(18)9-6-4-5-7-10(9)19-13(16,17)12(14)15/h4-8,11-12H,3,18H2,1-2H3/t8?,11-/m1/s1. The minimum Gasteiger partial charge on any atom is -0.428 e. The molecule has 0 saturated carbocycles. The molecule has 2 N–H and O–H groups in total. The van der Waals surface area contributed by atoms with Crippen molar-refractivity contribution in [3.8, 4) is 5.75 Å². The molecule has 19 heavy (non-hydrogen) atoms. The third kappa shape index (κ3) is 3.83. The predicted molar refractivity (Wildman–Crippen MR) is 64.4 cm³/mol. The highest BCUT2D eigenvalue weighted by atomic mass is 19.3. The lowest BCUT2D eigenvalue weighted by molar-refractivity contribution is -0.253. The second-order valence-electron chi connectivity index (χ2n) is 4.41. The van der Waals surface area contributed by atoms with Gasteiger partial charge in [0.1, 0.15) is 5.75 Å². The van der Waals surface area contributed by atoms with Crippen LogP contribution in [0.1, 0.15) is 31.9 Å². The Morgan fingerprint density at radius 3 is 2.37 bits per heavy atom. The van der Waals surface area contributed by atoms with Crippen LogP contribution in [0, 0.1) is 5.92 Å². The maximum absolute atomic E-state index is 12.9. The molecule has 0 aliphatic rings. The van der Waals surface area contributed by atoms with Crippen molar-refractivity contribution >= 4 is 0 Å². The molecule has 0 aliphatic heterocycles. The number of hydrogen-bond acceptors (Lipinski definition) is 2. The van der Waals surface area contributed by atoms with Gasteiger partial charge in [0.15, 0.2) is 0 Å². The molecule has 1 aromatic carbocycles. The molecular formula is C13H17F4NO. The molecule has 0 radical (unpaired) electrons. The third-order valence-corrected chi connectivity index (χ3v) is 3.04. The van der Waals surface area contributed by atoms with Crippen LogP contribution < -0.4 is 10.5 Å². The van der Waals surface area contributed by atoms with Crippen molar-refractivity contribution < 1.29 is 22.3 Å². The van der Waals surface area contributed by atoms with E-state index >= 15 is 0 Å². The van der Waals surface area contributed by atoms with Crippen LogP contribution in [0.4, 0.5) is 17.6 Å². The van der Waals surface area contributed by atoms with E-state index in [9.17, 15) is 17.6 Å². The van der Waals surface area contributed by atoms with E-state index in [1.54, 1.807) is 6.07 Å². The van der Waals surface area contributed by atoms with E-state index in [4.69, 9.17) is 5.73 Å². The number of alkyl halides is 4. The fraction of sp³-hybridized carbons (Fsp3) is 0.538. The molecule has 0 aliphatic carbocycles. The topological polar surface area (TPSA) is 35.2 Å². The number of para-hydroxylation sites is 1. The molecular weight excluding hydrogens is 262 g/mol. The van der Waals surface area contributed by atoms with Gasteiger partial charge in [0.25, 0.3) is 0 Å². The van der Waals surface area contributed by atoms with Gasteiger partial charge in [-0.15, -0.1) is 0 Å². The number of rotatable bonds is 6. The van der Waals surface area contributed by atoms with Gasteiger partial charge in [-0.25, -0.2) is 0 Å². The average molecular weight is 279 g/mol. The number of halogens is 4. The Bertz CT molecular complexity index is 411. The highest BCUT2D eigenvalue weighted by Crippen LogP contribution is 2.34. The minimum atomic E-state index is -4.52. The largest absolute Gasteiger partial charge is 0.461 e. The maximum atomic E-state index is 12.9. The van der Waals surface area contributed by atoms with Gasteiger partial charge >= 0.3 is 12.5 Å². The number of ether oxygens (including phenoxy) is 1. The fourth-order valence-electron chi connectivity index (χ4n) is 1.60. The summed E-state index contributed by atoms with van der Waals surface area (Å²) in [7, 11) is 0. The lowest BCUT2D eigenvalue weighted by Gasteiger charge is -2.24. The molecule has 0 fully saturated rings. The zero-order valence-corrected chi connectivity index (χ0v) is 10.7. The van der Waals surface area contributed by atoms with Crippen LogP contribution in [0.5, 0.6) is 5.75 Å². The lowest BCUT2D eigenvalue weighted by atomic mass is 9.93. The Labute approximate surface area is 109 Å². The van der Waals surface area contributed by atoms with Gasteiger partial charge in [0.05, 0.1) is 0 Å². The van der Waals surface area contributed by atoms with E-state index in [2.05, 4.69) is 4.74 Å². The summed E-state index contributed by atoms with van der Waals surface area (Å²) in [5.74, 6) is -0.287. The summed E-state index contributed by atoms with van der Waals surface area (Å²) in [5, 5.41) is 0. The zero-order chi connectivity index (χ0) is 14.6. The summed E-state index contributed by atoms with van der Waals surface area (Å²) in [5.41, 5.74) is 6.24. The first-order valence-electron chi connectivity index (χ1n) is 5.99. The summed E-state index contributed by atoms with van der Waals surface area (Å²) in [6.07, 6.45) is -7.67. The van der Waals surface area contributed by atoms with Gasteiger partial charge in [0, 0.05) is 11.6 Å². The summed E-state index contributed by atoms with van der Waals surface area (Å²) in [6, 6.07) is 5.21. The first-order valence-corrected chi connectivity index (χ1v) is 5.99. The first kappa shape index (κ1) is 15.8. The van der Waals surface area contributed by atoms with Crippen molar-refractivity contribution in [2.45, 2.75) is 38.8 Å². The SMILES string of the molecule is CCC(C)[C@@H](N)c1ccccc1OC(F)(F)C(F)F. The minimum absolute atomic E-state index is 0.0184. The first-order chi connectivity index (χ1) is 8.79. The molecule has 2 atom stereocenters. The van der Waals surface area contributed by atoms with Crippen LogP contribution in [0.2, 0.25) is 0 Å². The molecule has 6 heteroatoms. The smallest absolute Gasteiger partial charge is 0.428 e. The maximum Gasteiger partial charge on any atom is 0.461 e. The Balaban J connectivity index is 3.03. The van der Waals surface area contributed by atoms with Gasteiger partial charge in [-0.05, 0) is 12.0 Å². The van der Waals surface area contributed by atoms with E-state index in [1.165, 1.54) is 18.2 Å². The number of benzene rings is 1. The normalized spacial score (nSPS) is 15.4. The Morgan fingerprint density at radius 1 is 1.26 bits per heavy atom. The Hall–Kier alpha value is -1.30. The Kier molecular flexibility index (Phi) is 5.17. The number of hydrogen-bond donors (Lipinski definition) is 1. The second-order valence-corrected chi connectivity index (χ2v) is 4.41. The quantitative estimate of drug-likeness (QED) is 0.800. The zero-order valence-electron chi connectivity index (χ0n) is 10.7. The van der Waals surface area contributed by atoms with Crippen molar-refractivity contribution in [1.82, 2.24) is 0 Å². The van der Waals surface area contributed by atoms with Gasteiger partial charge in [-0.2, -0.15) is 17.6 Å². The fourth-order valence-corrected chi connectivity index (χ4v) is 1.60. The van der Waals surface area contributed by atoms with Crippen LogP contribution >= 0.6 is 0 Å². The van der Waals surface area contributed by atoms with Crippen molar-refractivity contribution in [3.05, 3.63) is 29.8 Å². The van der Waals surface area contributed by atoms with E-state index < -0.39 is 18.6 Å². The molecule has 1 rings (SSSR count). The van der Waals surface area contributed by atoms with E-state index in [-0.39, 0.29) is 11.7 Å². The lowest BCUT2D eigenvalue weighted by Crippen LogP contribution is -2.34. The van der Waals surface area contributed by atoms with Gasteiger partial charge in [-0.1, -0.05) is 38.5 Å². The Morgan fingerprint density at radius 2 is 1.84 bits per heavy atom. The molecule has 0 spiro atoms. The van der Waals surface area contributed by atoms with Crippen LogP contribution in [-0.4, -0.2) is 12.5 Å². The molecule has 1 aromatic rings. The van der Waals surface area contributed by atoms with Crippen molar-refractivity contribution in [3.63, 3.8) is 0 Å². The summed E-state index contributed by atoms with van der Waals surface area (Å²) >= 11 is 0.